The van der Waals surface area contributed by atoms with Crippen molar-refractivity contribution in [3.05, 3.63) is 71.6 Å². The van der Waals surface area contributed by atoms with Crippen LogP contribution in [0, 0.1) is 23.0 Å². The van der Waals surface area contributed by atoms with E-state index in [-0.39, 0.29) is 30.4 Å². The third-order valence-electron chi connectivity index (χ3n) is 4.00. The molecule has 9 heteroatoms. The number of H-pyrrole nitrogens is 1. The minimum absolute atomic E-state index is 0.0573. The van der Waals surface area contributed by atoms with Crippen LogP contribution in [0.15, 0.2) is 53.7 Å². The third-order valence-corrected chi connectivity index (χ3v) is 4.83. The van der Waals surface area contributed by atoms with Crippen molar-refractivity contribution in [2.24, 2.45) is 0 Å². The summed E-state index contributed by atoms with van der Waals surface area (Å²) in [6, 6.07) is 13.6. The summed E-state index contributed by atoms with van der Waals surface area (Å²) in [4.78, 5) is 18.4. The number of carbonyl (C=O) groups excluding carboxylic acids is 1. The molecule has 0 atom stereocenters. The number of nitriles is 1. The van der Waals surface area contributed by atoms with Crippen LogP contribution in [0.5, 0.6) is 0 Å². The Bertz CT molecular complexity index is 1060. The number of nitrogens with one attached hydrogen (secondary N) is 1. The first-order chi connectivity index (χ1) is 14.5. The Hall–Kier alpha value is -3.51. The van der Waals surface area contributed by atoms with Gasteiger partial charge in [0.25, 0.3) is 0 Å². The zero-order chi connectivity index (χ0) is 21.3. The topological polar surface area (TPSA) is 85.7 Å². The SMILES string of the molecule is N#CCCN(C(=O)CSc1n[nH]c(/C=C/c2ccc(F)cc2)n1)c1ccc(F)cc1. The van der Waals surface area contributed by atoms with Gasteiger partial charge in [-0.15, -0.1) is 5.10 Å². The van der Waals surface area contributed by atoms with Crippen LogP contribution >= 0.6 is 11.8 Å². The van der Waals surface area contributed by atoms with Crippen LogP contribution in [0.4, 0.5) is 14.5 Å². The number of rotatable bonds is 8. The summed E-state index contributed by atoms with van der Waals surface area (Å²) in [7, 11) is 0. The minimum atomic E-state index is -0.400. The number of hydrogen-bond acceptors (Lipinski definition) is 5. The van der Waals surface area contributed by atoms with Crippen molar-refractivity contribution in [2.45, 2.75) is 11.6 Å². The van der Waals surface area contributed by atoms with Gasteiger partial charge in [0.15, 0.2) is 0 Å². The Morgan fingerprint density at radius 1 is 1.10 bits per heavy atom. The fourth-order valence-electron chi connectivity index (χ4n) is 2.53. The average molecular weight is 425 g/mol. The largest absolute Gasteiger partial charge is 0.311 e. The van der Waals surface area contributed by atoms with Crippen molar-refractivity contribution in [3.8, 4) is 6.07 Å². The third kappa shape index (κ3) is 5.99. The molecule has 0 radical (unpaired) electrons. The molecule has 0 spiro atoms. The molecule has 1 N–H and O–H groups in total. The van der Waals surface area contributed by atoms with E-state index in [1.807, 2.05) is 6.07 Å². The van der Waals surface area contributed by atoms with Gasteiger partial charge in [-0.3, -0.25) is 9.89 Å². The van der Waals surface area contributed by atoms with E-state index in [0.29, 0.717) is 16.7 Å². The maximum absolute atomic E-state index is 13.2. The van der Waals surface area contributed by atoms with E-state index in [2.05, 4.69) is 15.2 Å². The first-order valence-corrected chi connectivity index (χ1v) is 9.95. The molecule has 3 aromatic rings. The number of aromatic nitrogens is 3. The second-order valence-electron chi connectivity index (χ2n) is 6.11. The zero-order valence-electron chi connectivity index (χ0n) is 15.8. The molecule has 6 nitrogen and oxygen atoms in total. The standard InChI is InChI=1S/C21H17F2N5OS/c22-16-5-2-15(3-6-16)4-11-19-25-21(27-26-19)30-14-20(29)28(13-1-12-24)18-9-7-17(23)8-10-18/h2-11H,1,13-14H2,(H,25,26,27)/b11-4+. The Balaban J connectivity index is 1.60. The van der Waals surface area contributed by atoms with E-state index in [1.165, 1.54) is 41.3 Å². The first-order valence-electron chi connectivity index (χ1n) is 8.97. The van der Waals surface area contributed by atoms with Crippen LogP contribution in [0.3, 0.4) is 0 Å². The van der Waals surface area contributed by atoms with Gasteiger partial charge in [-0.1, -0.05) is 30.0 Å². The molecular weight excluding hydrogens is 408 g/mol. The summed E-state index contributed by atoms with van der Waals surface area (Å²) in [6.07, 6.45) is 3.62. The minimum Gasteiger partial charge on any atom is -0.311 e. The second kappa shape index (κ2) is 10.3. The fraction of sp³-hybridized carbons (Fsp3) is 0.143. The normalized spacial score (nSPS) is 10.8. The van der Waals surface area contributed by atoms with Gasteiger partial charge in [0.1, 0.15) is 17.5 Å². The summed E-state index contributed by atoms with van der Waals surface area (Å²) in [5, 5.41) is 16.1. The molecule has 0 saturated heterocycles. The summed E-state index contributed by atoms with van der Waals surface area (Å²) in [5.41, 5.74) is 1.33. The predicted octanol–water partition coefficient (Wildman–Crippen LogP) is 4.29. The molecule has 3 rings (SSSR count). The van der Waals surface area contributed by atoms with Crippen molar-refractivity contribution < 1.29 is 13.6 Å². The van der Waals surface area contributed by atoms with E-state index in [1.54, 1.807) is 24.3 Å². The lowest BCUT2D eigenvalue weighted by Gasteiger charge is -2.21. The van der Waals surface area contributed by atoms with Crippen molar-refractivity contribution in [2.75, 3.05) is 17.2 Å². The lowest BCUT2D eigenvalue weighted by atomic mass is 10.2. The first kappa shape index (κ1) is 21.2. The summed E-state index contributed by atoms with van der Waals surface area (Å²) in [6.45, 7) is 0.210. The Labute approximate surface area is 176 Å². The number of carbonyl (C=O) groups is 1. The molecular formula is C21H17F2N5OS. The van der Waals surface area contributed by atoms with Crippen LogP contribution in [0.1, 0.15) is 17.8 Å². The molecule has 0 bridgehead atoms. The predicted molar refractivity (Wildman–Crippen MR) is 111 cm³/mol. The van der Waals surface area contributed by atoms with E-state index in [0.717, 1.165) is 17.3 Å². The van der Waals surface area contributed by atoms with Gasteiger partial charge in [-0.25, -0.2) is 13.8 Å². The van der Waals surface area contributed by atoms with Gasteiger partial charge in [-0.05, 0) is 48.0 Å². The smallest absolute Gasteiger partial charge is 0.237 e. The molecule has 0 aliphatic heterocycles. The molecule has 0 aliphatic carbocycles. The summed E-state index contributed by atoms with van der Waals surface area (Å²) in [5.74, 6) is -0.395. The highest BCUT2D eigenvalue weighted by Crippen LogP contribution is 2.19. The van der Waals surface area contributed by atoms with Gasteiger partial charge < -0.3 is 4.90 Å². The van der Waals surface area contributed by atoms with Crippen LogP contribution in [0.25, 0.3) is 12.2 Å². The maximum atomic E-state index is 13.2. The van der Waals surface area contributed by atoms with E-state index >= 15 is 0 Å². The van der Waals surface area contributed by atoms with Crippen LogP contribution in [-0.4, -0.2) is 33.4 Å². The molecule has 1 heterocycles. The average Bonchev–Trinajstić information content (AvgIpc) is 3.21. The zero-order valence-corrected chi connectivity index (χ0v) is 16.6. The molecule has 1 amide bonds. The van der Waals surface area contributed by atoms with Gasteiger partial charge in [0, 0.05) is 12.2 Å². The number of aromatic amines is 1. The van der Waals surface area contributed by atoms with Crippen LogP contribution in [0.2, 0.25) is 0 Å². The number of halogens is 2. The molecule has 1 aromatic heterocycles. The molecule has 152 valence electrons. The monoisotopic (exact) mass is 425 g/mol. The highest BCUT2D eigenvalue weighted by Gasteiger charge is 2.17. The Morgan fingerprint density at radius 2 is 1.77 bits per heavy atom. The Morgan fingerprint density at radius 3 is 2.43 bits per heavy atom. The molecule has 0 fully saturated rings. The summed E-state index contributed by atoms with van der Waals surface area (Å²) >= 11 is 1.15. The summed E-state index contributed by atoms with van der Waals surface area (Å²) < 4.78 is 26.1. The Kier molecular flexibility index (Phi) is 7.29. The molecule has 2 aromatic carbocycles. The van der Waals surface area contributed by atoms with Gasteiger partial charge >= 0.3 is 0 Å². The molecule has 30 heavy (non-hydrogen) atoms. The number of amides is 1. The fourth-order valence-corrected chi connectivity index (χ4v) is 3.21. The number of benzene rings is 2. The van der Waals surface area contributed by atoms with Gasteiger partial charge in [0.05, 0.1) is 18.2 Å². The molecule has 0 aliphatic rings. The number of anilines is 1. The number of thioether (sulfide) groups is 1. The van der Waals surface area contributed by atoms with E-state index in [9.17, 15) is 13.6 Å². The van der Waals surface area contributed by atoms with Gasteiger partial charge in [0.2, 0.25) is 11.1 Å². The quantitative estimate of drug-likeness (QED) is 0.544. The second-order valence-corrected chi connectivity index (χ2v) is 7.05. The molecule has 0 saturated carbocycles. The van der Waals surface area contributed by atoms with Crippen LogP contribution < -0.4 is 4.90 Å². The van der Waals surface area contributed by atoms with Gasteiger partial charge in [-0.2, -0.15) is 5.26 Å². The van der Waals surface area contributed by atoms with Crippen molar-refractivity contribution >= 4 is 35.5 Å². The lowest BCUT2D eigenvalue weighted by Crippen LogP contribution is -2.33. The van der Waals surface area contributed by atoms with E-state index < -0.39 is 5.82 Å². The number of nitrogens with zero attached hydrogens (tertiary/aromatic N) is 4. The lowest BCUT2D eigenvalue weighted by molar-refractivity contribution is -0.116. The maximum Gasteiger partial charge on any atom is 0.237 e. The van der Waals surface area contributed by atoms with Crippen molar-refractivity contribution in [3.63, 3.8) is 0 Å². The van der Waals surface area contributed by atoms with Crippen molar-refractivity contribution in [1.82, 2.24) is 15.2 Å². The molecule has 0 unspecified atom stereocenters. The van der Waals surface area contributed by atoms with Crippen molar-refractivity contribution in [1.29, 1.82) is 5.26 Å². The highest BCUT2D eigenvalue weighted by molar-refractivity contribution is 7.99. The van der Waals surface area contributed by atoms with Crippen LogP contribution in [-0.2, 0) is 4.79 Å². The number of hydrogen-bond donors (Lipinski definition) is 1. The highest BCUT2D eigenvalue weighted by atomic mass is 32.2. The van der Waals surface area contributed by atoms with E-state index in [4.69, 9.17) is 5.26 Å².